The highest BCUT2D eigenvalue weighted by atomic mass is 16.1. The van der Waals surface area contributed by atoms with Gasteiger partial charge in [0.15, 0.2) is 0 Å². The van der Waals surface area contributed by atoms with Crippen molar-refractivity contribution in [2.24, 2.45) is 11.7 Å². The van der Waals surface area contributed by atoms with Crippen molar-refractivity contribution in [3.8, 4) is 0 Å². The van der Waals surface area contributed by atoms with Crippen molar-refractivity contribution in [2.45, 2.75) is 12.8 Å². The van der Waals surface area contributed by atoms with E-state index in [0.29, 0.717) is 5.92 Å². The molecular formula is C12H13NO. The molecule has 0 aliphatic heterocycles. The smallest absolute Gasteiger partial charge is 0.241 e. The van der Waals surface area contributed by atoms with Crippen LogP contribution in [-0.4, -0.2) is 5.91 Å². The molecule has 1 aromatic carbocycles. The number of primary amides is 1. The molecule has 0 unspecified atom stereocenters. The number of nitrogens with two attached hydrogens (primary N) is 1. The molecule has 0 spiro atoms. The lowest BCUT2D eigenvalue weighted by atomic mass is 10.0. The fourth-order valence-corrected chi connectivity index (χ4v) is 1.62. The van der Waals surface area contributed by atoms with Gasteiger partial charge in [-0.1, -0.05) is 30.3 Å². The molecule has 0 aromatic heterocycles. The normalized spacial score (nSPS) is 16.7. The lowest BCUT2D eigenvalue weighted by molar-refractivity contribution is -0.113. The molecule has 1 amide bonds. The molecule has 1 aromatic rings. The first-order chi connectivity index (χ1) is 6.77. The Labute approximate surface area is 83.4 Å². The van der Waals surface area contributed by atoms with Gasteiger partial charge in [-0.15, -0.1) is 0 Å². The number of hydrogen-bond donors (Lipinski definition) is 1. The molecule has 1 aliphatic rings. The molecule has 72 valence electrons. The van der Waals surface area contributed by atoms with Crippen LogP contribution >= 0.6 is 0 Å². The highest BCUT2D eigenvalue weighted by Crippen LogP contribution is 2.41. The quantitative estimate of drug-likeness (QED) is 0.722. The largest absolute Gasteiger partial charge is 0.366 e. The van der Waals surface area contributed by atoms with Crippen LogP contribution in [0.5, 0.6) is 0 Å². The fourth-order valence-electron chi connectivity index (χ4n) is 1.62. The van der Waals surface area contributed by atoms with Crippen LogP contribution < -0.4 is 5.73 Å². The minimum atomic E-state index is -0.351. The third-order valence-electron chi connectivity index (χ3n) is 2.42. The highest BCUT2D eigenvalue weighted by Gasteiger charge is 2.27. The van der Waals surface area contributed by atoms with E-state index in [4.69, 9.17) is 5.73 Å². The van der Waals surface area contributed by atoms with E-state index in [2.05, 4.69) is 0 Å². The summed E-state index contributed by atoms with van der Waals surface area (Å²) in [6, 6.07) is 9.97. The van der Waals surface area contributed by atoms with E-state index in [1.54, 1.807) is 6.08 Å². The number of amides is 1. The van der Waals surface area contributed by atoms with Gasteiger partial charge in [0.05, 0.1) is 0 Å². The van der Waals surface area contributed by atoms with Crippen molar-refractivity contribution in [1.82, 2.24) is 0 Å². The van der Waals surface area contributed by atoms with E-state index in [1.165, 1.54) is 12.8 Å². The van der Waals surface area contributed by atoms with E-state index >= 15 is 0 Å². The number of rotatable bonds is 3. The van der Waals surface area contributed by atoms with E-state index < -0.39 is 0 Å². The van der Waals surface area contributed by atoms with Crippen LogP contribution in [0.2, 0.25) is 0 Å². The number of hydrogen-bond acceptors (Lipinski definition) is 1. The van der Waals surface area contributed by atoms with Gasteiger partial charge in [-0.2, -0.15) is 0 Å². The second-order valence-electron chi connectivity index (χ2n) is 3.64. The highest BCUT2D eigenvalue weighted by molar-refractivity contribution is 5.94. The molecule has 2 heteroatoms. The maximum Gasteiger partial charge on any atom is 0.241 e. The number of allylic oxidation sites excluding steroid dienone is 1. The number of carbonyl (C=O) groups is 1. The summed E-state index contributed by atoms with van der Waals surface area (Å²) in [6.45, 7) is 0. The Hall–Kier alpha value is -1.57. The second-order valence-corrected chi connectivity index (χ2v) is 3.64. The van der Waals surface area contributed by atoms with Crippen molar-refractivity contribution in [3.05, 3.63) is 42.0 Å². The maximum atomic E-state index is 10.9. The first kappa shape index (κ1) is 9.00. The molecule has 0 radical (unpaired) electrons. The van der Waals surface area contributed by atoms with Gasteiger partial charge in [-0.3, -0.25) is 4.79 Å². The van der Waals surface area contributed by atoms with Crippen LogP contribution in [0.15, 0.2) is 36.4 Å². The van der Waals surface area contributed by atoms with E-state index in [-0.39, 0.29) is 5.91 Å². The molecule has 14 heavy (non-hydrogen) atoms. The molecule has 1 fully saturated rings. The lowest BCUT2D eigenvalue weighted by Gasteiger charge is -2.04. The van der Waals surface area contributed by atoms with Crippen molar-refractivity contribution in [2.75, 3.05) is 0 Å². The molecule has 2 N–H and O–H groups in total. The summed E-state index contributed by atoms with van der Waals surface area (Å²) in [6.07, 6.45) is 3.91. The molecular weight excluding hydrogens is 174 g/mol. The Balaban J connectivity index is 2.32. The minimum Gasteiger partial charge on any atom is -0.366 e. The summed E-state index contributed by atoms with van der Waals surface area (Å²) >= 11 is 0. The molecule has 0 atom stereocenters. The van der Waals surface area contributed by atoms with E-state index in [9.17, 15) is 4.79 Å². The van der Waals surface area contributed by atoms with Crippen LogP contribution in [0.3, 0.4) is 0 Å². The Morgan fingerprint density at radius 3 is 2.43 bits per heavy atom. The van der Waals surface area contributed by atoms with E-state index in [1.807, 2.05) is 30.3 Å². The van der Waals surface area contributed by atoms with Gasteiger partial charge >= 0.3 is 0 Å². The Morgan fingerprint density at radius 1 is 1.29 bits per heavy atom. The monoisotopic (exact) mass is 187 g/mol. The topological polar surface area (TPSA) is 43.1 Å². The number of carbonyl (C=O) groups excluding carboxylic acids is 1. The van der Waals surface area contributed by atoms with Crippen LogP contribution in [-0.2, 0) is 4.79 Å². The van der Waals surface area contributed by atoms with Crippen LogP contribution in [0.4, 0.5) is 0 Å². The van der Waals surface area contributed by atoms with Crippen LogP contribution in [0, 0.1) is 5.92 Å². The summed E-state index contributed by atoms with van der Waals surface area (Å²) in [5.74, 6) is 0.195. The molecule has 2 nitrogen and oxygen atoms in total. The van der Waals surface area contributed by atoms with Crippen LogP contribution in [0.25, 0.3) is 5.57 Å². The summed E-state index contributed by atoms with van der Waals surface area (Å²) in [4.78, 5) is 10.9. The first-order valence-corrected chi connectivity index (χ1v) is 4.84. The minimum absolute atomic E-state index is 0.351. The van der Waals surface area contributed by atoms with Gasteiger partial charge in [0, 0.05) is 6.08 Å². The first-order valence-electron chi connectivity index (χ1n) is 4.84. The lowest BCUT2D eigenvalue weighted by Crippen LogP contribution is -2.07. The molecule has 0 heterocycles. The zero-order valence-corrected chi connectivity index (χ0v) is 7.94. The SMILES string of the molecule is NC(=O)/C=C(/c1ccccc1)C1CC1. The Bertz CT molecular complexity index is 363. The molecule has 2 rings (SSSR count). The van der Waals surface area contributed by atoms with Gasteiger partial charge in [0.1, 0.15) is 0 Å². The van der Waals surface area contributed by atoms with Crippen molar-refractivity contribution in [1.29, 1.82) is 0 Å². The van der Waals surface area contributed by atoms with Gasteiger partial charge in [0.2, 0.25) is 5.91 Å². The molecule has 0 saturated heterocycles. The fraction of sp³-hybridized carbons (Fsp3) is 0.250. The number of benzene rings is 1. The zero-order chi connectivity index (χ0) is 9.97. The van der Waals surface area contributed by atoms with Gasteiger partial charge in [-0.25, -0.2) is 0 Å². The maximum absolute atomic E-state index is 10.9. The Kier molecular flexibility index (Phi) is 2.35. The molecule has 0 bridgehead atoms. The van der Waals surface area contributed by atoms with E-state index in [0.717, 1.165) is 11.1 Å². The van der Waals surface area contributed by atoms with Crippen molar-refractivity contribution in [3.63, 3.8) is 0 Å². The summed E-state index contributed by atoms with van der Waals surface area (Å²) in [7, 11) is 0. The standard InChI is InChI=1S/C12H13NO/c13-12(14)8-11(10-6-7-10)9-4-2-1-3-5-9/h1-5,8,10H,6-7H2,(H2,13,14)/b11-8-. The zero-order valence-electron chi connectivity index (χ0n) is 7.94. The van der Waals surface area contributed by atoms with Gasteiger partial charge < -0.3 is 5.73 Å². The predicted octanol–water partition coefficient (Wildman–Crippen LogP) is 1.97. The van der Waals surface area contributed by atoms with Crippen molar-refractivity contribution >= 4 is 11.5 Å². The van der Waals surface area contributed by atoms with Gasteiger partial charge in [-0.05, 0) is 29.9 Å². The molecule has 1 aliphatic carbocycles. The summed E-state index contributed by atoms with van der Waals surface area (Å²) in [5.41, 5.74) is 7.40. The van der Waals surface area contributed by atoms with Crippen LogP contribution in [0.1, 0.15) is 18.4 Å². The second kappa shape index (κ2) is 3.66. The Morgan fingerprint density at radius 2 is 1.93 bits per heavy atom. The third-order valence-corrected chi connectivity index (χ3v) is 2.42. The summed E-state index contributed by atoms with van der Waals surface area (Å²) in [5, 5.41) is 0. The molecule has 1 saturated carbocycles. The average Bonchev–Trinajstić information content (AvgIpc) is 2.99. The van der Waals surface area contributed by atoms with Crippen molar-refractivity contribution < 1.29 is 4.79 Å². The summed E-state index contributed by atoms with van der Waals surface area (Å²) < 4.78 is 0. The predicted molar refractivity (Wildman–Crippen MR) is 56.3 cm³/mol. The average molecular weight is 187 g/mol. The van der Waals surface area contributed by atoms with Gasteiger partial charge in [0.25, 0.3) is 0 Å². The third kappa shape index (κ3) is 2.02.